The van der Waals surface area contributed by atoms with Crippen molar-refractivity contribution in [1.82, 2.24) is 9.97 Å². The van der Waals surface area contributed by atoms with Crippen LogP contribution in [0.15, 0.2) is 30.3 Å². The van der Waals surface area contributed by atoms with Crippen molar-refractivity contribution in [2.24, 2.45) is 0 Å². The molecule has 0 saturated heterocycles. The van der Waals surface area contributed by atoms with Gasteiger partial charge in [-0.2, -0.15) is 0 Å². The average Bonchev–Trinajstić information content (AvgIpc) is 2.90. The molecule has 4 heteroatoms. The zero-order chi connectivity index (χ0) is 13.2. The summed E-state index contributed by atoms with van der Waals surface area (Å²) < 4.78 is 5.94. The molecule has 0 radical (unpaired) electrons. The highest BCUT2D eigenvalue weighted by Crippen LogP contribution is 2.35. The first-order chi connectivity index (χ1) is 9.30. The molecular weight excluding hydrogens is 238 g/mol. The molecule has 1 aromatic carbocycles. The van der Waals surface area contributed by atoms with Gasteiger partial charge in [-0.15, -0.1) is 0 Å². The molecule has 1 aliphatic heterocycles. The summed E-state index contributed by atoms with van der Waals surface area (Å²) in [5.74, 6) is 2.56. The van der Waals surface area contributed by atoms with Crippen LogP contribution in [-0.4, -0.2) is 17.0 Å². The Kier molecular flexibility index (Phi) is 3.07. The van der Waals surface area contributed by atoms with E-state index in [-0.39, 0.29) is 6.10 Å². The van der Waals surface area contributed by atoms with E-state index < -0.39 is 0 Å². The molecule has 1 unspecified atom stereocenters. The second-order valence-corrected chi connectivity index (χ2v) is 4.62. The Hall–Kier alpha value is -2.10. The summed E-state index contributed by atoms with van der Waals surface area (Å²) in [5.41, 5.74) is 2.26. The van der Waals surface area contributed by atoms with Crippen LogP contribution in [0, 0.1) is 0 Å². The number of para-hydroxylation sites is 1. The van der Waals surface area contributed by atoms with Gasteiger partial charge in [0.1, 0.15) is 11.6 Å². The number of hydrogen-bond acceptors (Lipinski definition) is 4. The predicted molar refractivity (Wildman–Crippen MR) is 74.5 cm³/mol. The molecular formula is C15H17N3O. The van der Waals surface area contributed by atoms with E-state index >= 15 is 0 Å². The number of aryl methyl sites for hydroxylation is 1. The summed E-state index contributed by atoms with van der Waals surface area (Å²) in [6, 6.07) is 10.1. The van der Waals surface area contributed by atoms with Crippen molar-refractivity contribution in [3.05, 3.63) is 47.4 Å². The number of anilines is 1. The number of benzene rings is 1. The normalized spacial score (nSPS) is 16.8. The zero-order valence-corrected chi connectivity index (χ0v) is 11.2. The third kappa shape index (κ3) is 2.26. The van der Waals surface area contributed by atoms with E-state index in [0.29, 0.717) is 0 Å². The highest BCUT2D eigenvalue weighted by Gasteiger charge is 2.26. The van der Waals surface area contributed by atoms with E-state index in [4.69, 9.17) is 4.74 Å². The van der Waals surface area contributed by atoms with Gasteiger partial charge >= 0.3 is 0 Å². The van der Waals surface area contributed by atoms with Gasteiger partial charge < -0.3 is 10.1 Å². The predicted octanol–water partition coefficient (Wildman–Crippen LogP) is 2.76. The summed E-state index contributed by atoms with van der Waals surface area (Å²) in [4.78, 5) is 9.11. The standard InChI is InChI=1S/C15H17N3O/c1-3-11-9-14(16-2)18-15(17-11)13-8-10-6-4-5-7-12(10)19-13/h4-7,9,13H,3,8H2,1-2H3,(H,16,17,18). The van der Waals surface area contributed by atoms with Crippen LogP contribution in [0.25, 0.3) is 0 Å². The summed E-state index contributed by atoms with van der Waals surface area (Å²) in [6.07, 6.45) is 1.66. The molecule has 1 aromatic heterocycles. The average molecular weight is 255 g/mol. The number of aromatic nitrogens is 2. The van der Waals surface area contributed by atoms with E-state index in [1.54, 1.807) is 0 Å². The minimum absolute atomic E-state index is 0.0731. The molecule has 0 aliphatic carbocycles. The van der Waals surface area contributed by atoms with Crippen LogP contribution in [-0.2, 0) is 12.8 Å². The molecule has 1 N–H and O–H groups in total. The second-order valence-electron chi connectivity index (χ2n) is 4.62. The minimum atomic E-state index is -0.0731. The Labute approximate surface area is 112 Å². The van der Waals surface area contributed by atoms with E-state index in [1.165, 1.54) is 5.56 Å². The molecule has 0 amide bonds. The molecule has 2 heterocycles. The molecule has 1 aliphatic rings. The van der Waals surface area contributed by atoms with Crippen molar-refractivity contribution in [1.29, 1.82) is 0 Å². The van der Waals surface area contributed by atoms with Crippen molar-refractivity contribution >= 4 is 5.82 Å². The van der Waals surface area contributed by atoms with Gasteiger partial charge in [-0.1, -0.05) is 25.1 Å². The van der Waals surface area contributed by atoms with Crippen LogP contribution in [0.5, 0.6) is 5.75 Å². The molecule has 19 heavy (non-hydrogen) atoms. The van der Waals surface area contributed by atoms with E-state index in [1.807, 2.05) is 31.3 Å². The summed E-state index contributed by atoms with van der Waals surface area (Å²) >= 11 is 0. The fourth-order valence-electron chi connectivity index (χ4n) is 2.30. The first-order valence-corrected chi connectivity index (χ1v) is 6.60. The maximum Gasteiger partial charge on any atom is 0.172 e. The molecule has 2 aromatic rings. The van der Waals surface area contributed by atoms with Crippen LogP contribution in [0.1, 0.15) is 30.1 Å². The molecule has 0 fully saturated rings. The number of rotatable bonds is 3. The lowest BCUT2D eigenvalue weighted by Crippen LogP contribution is -2.11. The Balaban J connectivity index is 1.92. The van der Waals surface area contributed by atoms with Crippen LogP contribution in [0.2, 0.25) is 0 Å². The summed E-state index contributed by atoms with van der Waals surface area (Å²) in [5, 5.41) is 3.08. The summed E-state index contributed by atoms with van der Waals surface area (Å²) in [7, 11) is 1.87. The highest BCUT2D eigenvalue weighted by molar-refractivity contribution is 5.40. The fraction of sp³-hybridized carbons (Fsp3) is 0.333. The molecule has 0 bridgehead atoms. The number of nitrogens with zero attached hydrogens (tertiary/aromatic N) is 2. The van der Waals surface area contributed by atoms with Crippen molar-refractivity contribution in [2.75, 3.05) is 12.4 Å². The van der Waals surface area contributed by atoms with Gasteiger partial charge in [0.2, 0.25) is 0 Å². The van der Waals surface area contributed by atoms with Gasteiger partial charge in [0.05, 0.1) is 0 Å². The fourth-order valence-corrected chi connectivity index (χ4v) is 2.30. The maximum absolute atomic E-state index is 5.94. The number of fused-ring (bicyclic) bond motifs is 1. The number of nitrogens with one attached hydrogen (secondary N) is 1. The first-order valence-electron chi connectivity index (χ1n) is 6.60. The van der Waals surface area contributed by atoms with E-state index in [0.717, 1.165) is 35.9 Å². The first kappa shape index (κ1) is 12.0. The Bertz CT molecular complexity index is 550. The van der Waals surface area contributed by atoms with Crippen LogP contribution >= 0.6 is 0 Å². The zero-order valence-electron chi connectivity index (χ0n) is 11.2. The largest absolute Gasteiger partial charge is 0.482 e. The lowest BCUT2D eigenvalue weighted by atomic mass is 10.1. The van der Waals surface area contributed by atoms with Crippen molar-refractivity contribution < 1.29 is 4.74 Å². The molecule has 0 spiro atoms. The second kappa shape index (κ2) is 4.88. The summed E-state index contributed by atoms with van der Waals surface area (Å²) in [6.45, 7) is 2.09. The van der Waals surface area contributed by atoms with E-state index in [9.17, 15) is 0 Å². The quantitative estimate of drug-likeness (QED) is 0.916. The Morgan fingerprint density at radius 1 is 1.32 bits per heavy atom. The molecule has 4 nitrogen and oxygen atoms in total. The maximum atomic E-state index is 5.94. The van der Waals surface area contributed by atoms with Gasteiger partial charge in [0.15, 0.2) is 11.9 Å². The van der Waals surface area contributed by atoms with Gasteiger partial charge in [0, 0.05) is 25.2 Å². The molecule has 3 rings (SSSR count). The molecule has 0 saturated carbocycles. The molecule has 1 atom stereocenters. The van der Waals surface area contributed by atoms with Gasteiger partial charge in [-0.3, -0.25) is 0 Å². The Morgan fingerprint density at radius 2 is 2.16 bits per heavy atom. The monoisotopic (exact) mass is 255 g/mol. The lowest BCUT2D eigenvalue weighted by molar-refractivity contribution is 0.227. The van der Waals surface area contributed by atoms with Crippen molar-refractivity contribution in [3.8, 4) is 5.75 Å². The topological polar surface area (TPSA) is 47.0 Å². The SMILES string of the molecule is CCc1cc(NC)nc(C2Cc3ccccc3O2)n1. The minimum Gasteiger partial charge on any atom is -0.482 e. The smallest absolute Gasteiger partial charge is 0.172 e. The van der Waals surface area contributed by atoms with Crippen molar-refractivity contribution in [2.45, 2.75) is 25.9 Å². The van der Waals surface area contributed by atoms with Gasteiger partial charge in [-0.25, -0.2) is 9.97 Å². The highest BCUT2D eigenvalue weighted by atomic mass is 16.5. The van der Waals surface area contributed by atoms with Gasteiger partial charge in [-0.05, 0) is 18.1 Å². The van der Waals surface area contributed by atoms with Gasteiger partial charge in [0.25, 0.3) is 0 Å². The molecule has 98 valence electrons. The number of ether oxygens (including phenoxy) is 1. The Morgan fingerprint density at radius 3 is 2.89 bits per heavy atom. The lowest BCUT2D eigenvalue weighted by Gasteiger charge is -2.12. The van der Waals surface area contributed by atoms with Crippen LogP contribution in [0.4, 0.5) is 5.82 Å². The third-order valence-electron chi connectivity index (χ3n) is 3.35. The van der Waals surface area contributed by atoms with Crippen LogP contribution in [0.3, 0.4) is 0 Å². The van der Waals surface area contributed by atoms with E-state index in [2.05, 4.69) is 28.3 Å². The van der Waals surface area contributed by atoms with Crippen molar-refractivity contribution in [3.63, 3.8) is 0 Å². The third-order valence-corrected chi connectivity index (χ3v) is 3.35. The number of hydrogen-bond donors (Lipinski definition) is 1. The van der Waals surface area contributed by atoms with Crippen LogP contribution < -0.4 is 10.1 Å².